The summed E-state index contributed by atoms with van der Waals surface area (Å²) < 4.78 is 0. The van der Waals surface area contributed by atoms with Gasteiger partial charge >= 0.3 is 0 Å². The van der Waals surface area contributed by atoms with Gasteiger partial charge in [-0.15, -0.1) is 0 Å². The predicted molar refractivity (Wildman–Crippen MR) is 117 cm³/mol. The van der Waals surface area contributed by atoms with Gasteiger partial charge in [-0.25, -0.2) is 4.98 Å². The first kappa shape index (κ1) is 17.3. The van der Waals surface area contributed by atoms with Crippen LogP contribution in [0.2, 0.25) is 0 Å². The summed E-state index contributed by atoms with van der Waals surface area (Å²) in [6, 6.07) is 10.3. The van der Waals surface area contributed by atoms with E-state index in [-0.39, 0.29) is 0 Å². The number of nitrogens with one attached hydrogen (secondary N) is 3. The maximum atomic E-state index is 4.65. The number of rotatable bonds is 3. The van der Waals surface area contributed by atoms with Crippen LogP contribution in [0.25, 0.3) is 44.6 Å². The number of fused-ring (bicyclic) bond motifs is 2. The molecule has 0 bridgehead atoms. The van der Waals surface area contributed by atoms with Gasteiger partial charge in [-0.05, 0) is 61.7 Å². The number of aromatic nitrogens is 6. The van der Waals surface area contributed by atoms with Crippen molar-refractivity contribution < 1.29 is 0 Å². The van der Waals surface area contributed by atoms with Crippen LogP contribution in [0.3, 0.4) is 0 Å². The van der Waals surface area contributed by atoms with Gasteiger partial charge in [0, 0.05) is 34.9 Å². The summed E-state index contributed by atoms with van der Waals surface area (Å²) in [5.41, 5.74) is 6.81. The summed E-state index contributed by atoms with van der Waals surface area (Å²) in [5, 5.41) is 13.2. The highest BCUT2D eigenvalue weighted by Gasteiger charge is 2.19. The average molecular weight is 395 g/mol. The monoisotopic (exact) mass is 395 g/mol. The van der Waals surface area contributed by atoms with Crippen LogP contribution in [0.15, 0.2) is 55.1 Å². The fourth-order valence-electron chi connectivity index (χ4n) is 4.41. The molecular formula is C23H21N7. The van der Waals surface area contributed by atoms with Gasteiger partial charge in [0.2, 0.25) is 0 Å². The van der Waals surface area contributed by atoms with Crippen LogP contribution in [-0.2, 0) is 0 Å². The Labute approximate surface area is 173 Å². The molecule has 0 aliphatic carbocycles. The van der Waals surface area contributed by atoms with Crippen molar-refractivity contribution in [3.63, 3.8) is 0 Å². The Bertz CT molecular complexity index is 1330. The van der Waals surface area contributed by atoms with Crippen LogP contribution in [0.1, 0.15) is 24.3 Å². The highest BCUT2D eigenvalue weighted by atomic mass is 15.2. The molecule has 3 N–H and O–H groups in total. The topological polar surface area (TPSA) is 95.2 Å². The number of pyridine rings is 3. The lowest BCUT2D eigenvalue weighted by molar-refractivity contribution is 0.460. The fourth-order valence-corrected chi connectivity index (χ4v) is 4.41. The lowest BCUT2D eigenvalue weighted by atomic mass is 9.91. The van der Waals surface area contributed by atoms with Gasteiger partial charge in [-0.2, -0.15) is 5.10 Å². The first-order valence-electron chi connectivity index (χ1n) is 10.3. The van der Waals surface area contributed by atoms with E-state index < -0.39 is 0 Å². The number of piperidine rings is 1. The van der Waals surface area contributed by atoms with Crippen molar-refractivity contribution in [2.24, 2.45) is 0 Å². The molecule has 6 heterocycles. The standard InChI is InChI=1S/C23H21N7/c1-2-6-26-19(3-1)18-12-25-13-21-16(18)10-20(28-21)22-17-9-15(11-27-23(17)30-29-22)14-4-7-24-8-5-14/h1-3,6,9-14,24,28H,4-5,7-8H2,(H,27,29,30). The Hall–Kier alpha value is -3.58. The van der Waals surface area contributed by atoms with Crippen LogP contribution in [0.4, 0.5) is 0 Å². The Kier molecular flexibility index (Phi) is 4.06. The Morgan fingerprint density at radius 1 is 0.933 bits per heavy atom. The second kappa shape index (κ2) is 7.03. The first-order valence-corrected chi connectivity index (χ1v) is 10.3. The van der Waals surface area contributed by atoms with Gasteiger partial charge in [-0.1, -0.05) is 6.07 Å². The summed E-state index contributed by atoms with van der Waals surface area (Å²) in [6.07, 6.45) is 9.80. The summed E-state index contributed by atoms with van der Waals surface area (Å²) in [7, 11) is 0. The number of H-pyrrole nitrogens is 2. The minimum absolute atomic E-state index is 0.550. The number of nitrogens with zero attached hydrogens (tertiary/aromatic N) is 4. The SMILES string of the molecule is c1ccc(-c2cncc3[nH]c(-c4n[nH]c5ncc(C6CCNCC6)cc45)cc23)nc1. The van der Waals surface area contributed by atoms with E-state index in [0.717, 1.165) is 70.5 Å². The van der Waals surface area contributed by atoms with Crippen molar-refractivity contribution in [1.29, 1.82) is 0 Å². The molecule has 30 heavy (non-hydrogen) atoms. The summed E-state index contributed by atoms with van der Waals surface area (Å²) in [6.45, 7) is 2.12. The van der Waals surface area contributed by atoms with E-state index in [4.69, 9.17) is 0 Å². The molecule has 1 fully saturated rings. The molecular weight excluding hydrogens is 374 g/mol. The molecule has 1 aliphatic rings. The molecule has 7 nitrogen and oxygen atoms in total. The number of hydrogen-bond acceptors (Lipinski definition) is 5. The third-order valence-corrected chi connectivity index (χ3v) is 5.99. The molecule has 7 heteroatoms. The second-order valence-electron chi connectivity index (χ2n) is 7.81. The van der Waals surface area contributed by atoms with Gasteiger partial charge < -0.3 is 10.3 Å². The maximum Gasteiger partial charge on any atom is 0.155 e. The van der Waals surface area contributed by atoms with Crippen LogP contribution in [0.5, 0.6) is 0 Å². The molecule has 0 unspecified atom stereocenters. The average Bonchev–Trinajstić information content (AvgIpc) is 3.43. The molecule has 0 aromatic carbocycles. The minimum Gasteiger partial charge on any atom is -0.352 e. The molecule has 0 spiro atoms. The Morgan fingerprint density at radius 2 is 1.87 bits per heavy atom. The van der Waals surface area contributed by atoms with Crippen molar-refractivity contribution in [2.45, 2.75) is 18.8 Å². The third kappa shape index (κ3) is 2.86. The van der Waals surface area contributed by atoms with E-state index in [9.17, 15) is 0 Å². The smallest absolute Gasteiger partial charge is 0.155 e. The predicted octanol–water partition coefficient (Wildman–Crippen LogP) is 4.03. The maximum absolute atomic E-state index is 4.65. The molecule has 5 aromatic heterocycles. The second-order valence-corrected chi connectivity index (χ2v) is 7.81. The Morgan fingerprint density at radius 3 is 2.73 bits per heavy atom. The van der Waals surface area contributed by atoms with Crippen LogP contribution in [0, 0.1) is 0 Å². The summed E-state index contributed by atoms with van der Waals surface area (Å²) in [4.78, 5) is 17.0. The summed E-state index contributed by atoms with van der Waals surface area (Å²) >= 11 is 0. The zero-order valence-electron chi connectivity index (χ0n) is 16.4. The molecule has 6 rings (SSSR count). The van der Waals surface area contributed by atoms with Crippen molar-refractivity contribution in [2.75, 3.05) is 13.1 Å². The zero-order chi connectivity index (χ0) is 19.9. The van der Waals surface area contributed by atoms with Gasteiger partial charge in [0.05, 0.1) is 23.1 Å². The highest BCUT2D eigenvalue weighted by molar-refractivity contribution is 5.99. The molecule has 1 aliphatic heterocycles. The van der Waals surface area contributed by atoms with Gasteiger partial charge in [0.25, 0.3) is 0 Å². The minimum atomic E-state index is 0.550. The fraction of sp³-hybridized carbons (Fsp3) is 0.217. The quantitative estimate of drug-likeness (QED) is 0.429. The number of aromatic amines is 2. The molecule has 0 amide bonds. The molecule has 5 aromatic rings. The van der Waals surface area contributed by atoms with Gasteiger partial charge in [0.15, 0.2) is 5.65 Å². The molecule has 148 valence electrons. The molecule has 0 saturated carbocycles. The van der Waals surface area contributed by atoms with Crippen LogP contribution >= 0.6 is 0 Å². The largest absolute Gasteiger partial charge is 0.352 e. The normalized spacial score (nSPS) is 15.2. The molecule has 0 radical (unpaired) electrons. The van der Waals surface area contributed by atoms with Gasteiger partial charge in [0.1, 0.15) is 5.69 Å². The number of hydrogen-bond donors (Lipinski definition) is 3. The van der Waals surface area contributed by atoms with Crippen LogP contribution in [-0.4, -0.2) is 43.2 Å². The van der Waals surface area contributed by atoms with Crippen molar-refractivity contribution in [1.82, 2.24) is 35.5 Å². The third-order valence-electron chi connectivity index (χ3n) is 5.99. The van der Waals surface area contributed by atoms with Gasteiger partial charge in [-0.3, -0.25) is 15.1 Å². The van der Waals surface area contributed by atoms with Crippen molar-refractivity contribution in [3.8, 4) is 22.6 Å². The molecule has 1 saturated heterocycles. The van der Waals surface area contributed by atoms with E-state index in [1.54, 1.807) is 6.20 Å². The summed E-state index contributed by atoms with van der Waals surface area (Å²) in [5.74, 6) is 0.550. The lowest BCUT2D eigenvalue weighted by Crippen LogP contribution is -2.26. The lowest BCUT2D eigenvalue weighted by Gasteiger charge is -2.22. The first-order chi connectivity index (χ1) is 14.9. The van der Waals surface area contributed by atoms with E-state index in [1.165, 1.54) is 5.56 Å². The van der Waals surface area contributed by atoms with Crippen molar-refractivity contribution in [3.05, 3.63) is 60.7 Å². The zero-order valence-corrected chi connectivity index (χ0v) is 16.4. The van der Waals surface area contributed by atoms with E-state index in [2.05, 4.69) is 47.6 Å². The Balaban J connectivity index is 1.47. The van der Waals surface area contributed by atoms with Crippen molar-refractivity contribution >= 4 is 21.9 Å². The molecule has 0 atom stereocenters. The van der Waals surface area contributed by atoms with E-state index in [1.807, 2.05) is 36.8 Å². The van der Waals surface area contributed by atoms with E-state index in [0.29, 0.717) is 5.92 Å². The van der Waals surface area contributed by atoms with E-state index >= 15 is 0 Å². The highest BCUT2D eigenvalue weighted by Crippen LogP contribution is 2.34. The van der Waals surface area contributed by atoms with Crippen LogP contribution < -0.4 is 5.32 Å².